The first-order valence-corrected chi connectivity index (χ1v) is 13.2. The van der Waals surface area contributed by atoms with E-state index in [0.29, 0.717) is 11.8 Å². The number of aromatic nitrogens is 1. The number of aryl methyl sites for hydroxylation is 3. The van der Waals surface area contributed by atoms with Crippen LogP contribution in [-0.4, -0.2) is 35.4 Å². The number of carbonyl (C=O) groups excluding carboxylic acids is 1. The van der Waals surface area contributed by atoms with Gasteiger partial charge in [-0.2, -0.15) is 0 Å². The van der Waals surface area contributed by atoms with Crippen molar-refractivity contribution in [3.63, 3.8) is 0 Å². The van der Waals surface area contributed by atoms with E-state index >= 15 is 0 Å². The van der Waals surface area contributed by atoms with E-state index in [1.807, 2.05) is 0 Å². The maximum atomic E-state index is 14.3. The quantitative estimate of drug-likeness (QED) is 0.728. The highest BCUT2D eigenvalue weighted by Gasteiger charge is 2.52. The van der Waals surface area contributed by atoms with Crippen LogP contribution in [0, 0.1) is 11.8 Å². The first-order valence-electron chi connectivity index (χ1n) is 13.2. The molecule has 1 spiro atoms. The van der Waals surface area contributed by atoms with E-state index in [-0.39, 0.29) is 17.4 Å². The number of likely N-dealkylation sites (tertiary alicyclic amines) is 1. The second-order valence-electron chi connectivity index (χ2n) is 11.1. The Hall–Kier alpha value is -2.20. The second kappa shape index (κ2) is 8.54. The minimum absolute atomic E-state index is 0.0135. The maximum absolute atomic E-state index is 14.3. The lowest BCUT2D eigenvalue weighted by molar-refractivity contribution is -0.141. The van der Waals surface area contributed by atoms with Crippen LogP contribution in [0.1, 0.15) is 79.6 Å². The Bertz CT molecular complexity index is 1030. The smallest absolute Gasteiger partial charge is 0.228 e. The third-order valence-corrected chi connectivity index (χ3v) is 9.04. The summed E-state index contributed by atoms with van der Waals surface area (Å²) < 4.78 is 0. The summed E-state index contributed by atoms with van der Waals surface area (Å²) in [4.78, 5) is 21.8. The predicted octanol–water partition coefficient (Wildman–Crippen LogP) is 4.75. The van der Waals surface area contributed by atoms with Gasteiger partial charge in [-0.15, -0.1) is 0 Å². The van der Waals surface area contributed by atoms with E-state index in [1.54, 1.807) is 0 Å². The number of rotatable bonds is 2. The molecule has 3 heterocycles. The Morgan fingerprint density at radius 3 is 2.79 bits per heavy atom. The van der Waals surface area contributed by atoms with E-state index in [4.69, 9.17) is 4.98 Å². The van der Waals surface area contributed by atoms with Crippen molar-refractivity contribution in [2.45, 2.75) is 76.2 Å². The van der Waals surface area contributed by atoms with Crippen LogP contribution in [0.25, 0.3) is 0 Å². The standard InChI is InChI=1S/C29H37N3O/c1-20-13-15-32(27(16-20)21-8-3-2-4-9-21)28(33)24-18-30-19-29(24)14-7-12-26-23(29)17-22-10-5-6-11-25(22)31-26/h2-4,8-9,17,20,24,27,30H,5-7,10-16,18-19H2,1H3/t20-,24?,27+,29+/m1/s1. The molecule has 33 heavy (non-hydrogen) atoms. The SMILES string of the molecule is C[C@@H]1CCN(C(=O)C2CNC[C@]23CCCc2nc4c(cc23)CCCC4)[C@H](c2ccccc2)C1. The van der Waals surface area contributed by atoms with Crippen molar-refractivity contribution in [3.05, 3.63) is 64.5 Å². The molecule has 4 nitrogen and oxygen atoms in total. The van der Waals surface area contributed by atoms with Crippen molar-refractivity contribution >= 4 is 5.91 Å². The van der Waals surface area contributed by atoms with Crippen LogP contribution < -0.4 is 5.32 Å². The van der Waals surface area contributed by atoms with E-state index in [1.165, 1.54) is 40.9 Å². The number of piperidine rings is 1. The van der Waals surface area contributed by atoms with Gasteiger partial charge in [-0.25, -0.2) is 0 Å². The van der Waals surface area contributed by atoms with Gasteiger partial charge in [-0.05, 0) is 80.4 Å². The number of carbonyl (C=O) groups is 1. The fraction of sp³-hybridized carbons (Fsp3) is 0.586. The molecule has 6 rings (SSSR count). The highest BCUT2D eigenvalue weighted by molar-refractivity contribution is 5.82. The van der Waals surface area contributed by atoms with Crippen LogP contribution in [-0.2, 0) is 29.5 Å². The molecule has 4 heteroatoms. The first kappa shape index (κ1) is 21.3. The van der Waals surface area contributed by atoms with Gasteiger partial charge in [0.2, 0.25) is 5.91 Å². The lowest BCUT2D eigenvalue weighted by Crippen LogP contribution is -2.50. The maximum Gasteiger partial charge on any atom is 0.228 e. The van der Waals surface area contributed by atoms with Gasteiger partial charge in [0.25, 0.3) is 0 Å². The Morgan fingerprint density at radius 2 is 1.91 bits per heavy atom. The van der Waals surface area contributed by atoms with Crippen LogP contribution in [0.3, 0.4) is 0 Å². The molecule has 4 atom stereocenters. The van der Waals surface area contributed by atoms with Crippen LogP contribution in [0.4, 0.5) is 0 Å². The van der Waals surface area contributed by atoms with Gasteiger partial charge in [0.1, 0.15) is 0 Å². The minimum atomic E-state index is -0.0888. The van der Waals surface area contributed by atoms with Crippen LogP contribution in [0.15, 0.2) is 36.4 Å². The number of pyridine rings is 1. The van der Waals surface area contributed by atoms with Crippen molar-refractivity contribution in [2.24, 2.45) is 11.8 Å². The third-order valence-electron chi connectivity index (χ3n) is 9.04. The van der Waals surface area contributed by atoms with Crippen molar-refractivity contribution in [1.29, 1.82) is 0 Å². The average Bonchev–Trinajstić information content (AvgIpc) is 3.27. The van der Waals surface area contributed by atoms with E-state index in [2.05, 4.69) is 53.5 Å². The Labute approximate surface area is 198 Å². The molecule has 1 N–H and O–H groups in total. The van der Waals surface area contributed by atoms with Crippen molar-refractivity contribution in [2.75, 3.05) is 19.6 Å². The molecule has 2 fully saturated rings. The summed E-state index contributed by atoms with van der Waals surface area (Å²) in [5.74, 6) is 1.03. The summed E-state index contributed by atoms with van der Waals surface area (Å²) in [5, 5.41) is 3.66. The molecule has 2 aromatic rings. The Balaban J connectivity index is 1.36. The third kappa shape index (κ3) is 3.62. The molecule has 1 amide bonds. The summed E-state index contributed by atoms with van der Waals surface area (Å²) in [6.45, 7) is 4.92. The van der Waals surface area contributed by atoms with E-state index < -0.39 is 0 Å². The molecule has 174 valence electrons. The van der Waals surface area contributed by atoms with Crippen molar-refractivity contribution in [1.82, 2.24) is 15.2 Å². The monoisotopic (exact) mass is 443 g/mol. The normalized spacial score (nSPS) is 31.3. The summed E-state index contributed by atoms with van der Waals surface area (Å²) in [5.41, 5.74) is 6.68. The second-order valence-corrected chi connectivity index (χ2v) is 11.1. The number of amides is 1. The van der Waals surface area contributed by atoms with Gasteiger partial charge in [0, 0.05) is 36.4 Å². The molecule has 0 bridgehead atoms. The molecule has 0 saturated carbocycles. The van der Waals surface area contributed by atoms with Crippen LogP contribution in [0.5, 0.6) is 0 Å². The highest BCUT2D eigenvalue weighted by Crippen LogP contribution is 2.47. The van der Waals surface area contributed by atoms with E-state index in [9.17, 15) is 4.79 Å². The highest BCUT2D eigenvalue weighted by atomic mass is 16.2. The van der Waals surface area contributed by atoms with Gasteiger partial charge in [-0.3, -0.25) is 9.78 Å². The zero-order valence-electron chi connectivity index (χ0n) is 20.0. The largest absolute Gasteiger partial charge is 0.335 e. The topological polar surface area (TPSA) is 45.2 Å². The zero-order valence-corrected chi connectivity index (χ0v) is 20.0. The average molecular weight is 444 g/mol. The molecule has 1 aromatic heterocycles. The summed E-state index contributed by atoms with van der Waals surface area (Å²) >= 11 is 0. The number of benzene rings is 1. The Kier molecular flexibility index (Phi) is 5.52. The lowest BCUT2D eigenvalue weighted by Gasteiger charge is -2.45. The predicted molar refractivity (Wildman–Crippen MR) is 131 cm³/mol. The number of nitrogens with one attached hydrogen (secondary N) is 1. The van der Waals surface area contributed by atoms with Crippen molar-refractivity contribution in [3.8, 4) is 0 Å². The van der Waals surface area contributed by atoms with E-state index in [0.717, 1.165) is 64.6 Å². The zero-order chi connectivity index (χ0) is 22.4. The molecule has 2 saturated heterocycles. The summed E-state index contributed by atoms with van der Waals surface area (Å²) in [6, 6.07) is 13.4. The Morgan fingerprint density at radius 1 is 1.09 bits per heavy atom. The van der Waals surface area contributed by atoms with Gasteiger partial charge in [-0.1, -0.05) is 43.3 Å². The summed E-state index contributed by atoms with van der Waals surface area (Å²) in [7, 11) is 0. The van der Waals surface area contributed by atoms with Crippen molar-refractivity contribution < 1.29 is 4.79 Å². The fourth-order valence-electron chi connectivity index (χ4n) is 7.23. The molecule has 2 aliphatic heterocycles. The lowest BCUT2D eigenvalue weighted by atomic mass is 9.64. The number of hydrogen-bond donors (Lipinski definition) is 1. The number of hydrogen-bond acceptors (Lipinski definition) is 3. The molecule has 1 unspecified atom stereocenters. The van der Waals surface area contributed by atoms with Crippen LogP contribution >= 0.6 is 0 Å². The molecule has 1 aromatic carbocycles. The number of fused-ring (bicyclic) bond motifs is 3. The van der Waals surface area contributed by atoms with Gasteiger partial charge in [0.15, 0.2) is 0 Å². The first-order chi connectivity index (χ1) is 16.2. The molecule has 0 radical (unpaired) electrons. The molecule has 2 aliphatic carbocycles. The van der Waals surface area contributed by atoms with Gasteiger partial charge in [0.05, 0.1) is 12.0 Å². The van der Waals surface area contributed by atoms with Crippen LogP contribution in [0.2, 0.25) is 0 Å². The fourth-order valence-corrected chi connectivity index (χ4v) is 7.23. The minimum Gasteiger partial charge on any atom is -0.335 e. The number of nitrogens with zero attached hydrogens (tertiary/aromatic N) is 2. The molecular weight excluding hydrogens is 406 g/mol. The van der Waals surface area contributed by atoms with Gasteiger partial charge >= 0.3 is 0 Å². The van der Waals surface area contributed by atoms with Gasteiger partial charge < -0.3 is 10.2 Å². The molecular formula is C29H37N3O. The molecule has 4 aliphatic rings. The summed E-state index contributed by atoms with van der Waals surface area (Å²) in [6.07, 6.45) is 10.3.